The van der Waals surface area contributed by atoms with E-state index in [1.54, 1.807) is 35.5 Å². The zero-order valence-corrected chi connectivity index (χ0v) is 11.8. The molecule has 1 amide bonds. The highest BCUT2D eigenvalue weighted by atomic mass is 32.1. The van der Waals surface area contributed by atoms with Crippen LogP contribution in [0, 0.1) is 5.92 Å². The standard InChI is InChI=1S/C13H16N4OS/c1-8-3-4-10-11(5-8)19-13(15-10)16-12(18)9-6-14-17(2)7-9/h6-8H,3-5H2,1-2H3,(H,15,16,18)/t8-/m1/s1. The number of carbonyl (C=O) groups is 1. The molecule has 0 unspecified atom stereocenters. The fraction of sp³-hybridized carbons (Fsp3) is 0.462. The number of aromatic nitrogens is 3. The third-order valence-corrected chi connectivity index (χ3v) is 4.41. The van der Waals surface area contributed by atoms with E-state index in [9.17, 15) is 4.79 Å². The molecule has 100 valence electrons. The molecular formula is C13H16N4OS. The summed E-state index contributed by atoms with van der Waals surface area (Å²) in [5.74, 6) is 0.571. The van der Waals surface area contributed by atoms with E-state index in [2.05, 4.69) is 22.3 Å². The van der Waals surface area contributed by atoms with E-state index >= 15 is 0 Å². The summed E-state index contributed by atoms with van der Waals surface area (Å²) in [5, 5.41) is 7.55. The Labute approximate surface area is 115 Å². The molecule has 5 nitrogen and oxygen atoms in total. The van der Waals surface area contributed by atoms with Crippen molar-refractivity contribution >= 4 is 22.4 Å². The zero-order valence-electron chi connectivity index (χ0n) is 11.0. The molecule has 1 aliphatic rings. The van der Waals surface area contributed by atoms with Gasteiger partial charge in [0.15, 0.2) is 5.13 Å². The summed E-state index contributed by atoms with van der Waals surface area (Å²) in [4.78, 5) is 17.8. The molecule has 3 rings (SSSR count). The molecule has 0 bridgehead atoms. The van der Waals surface area contributed by atoms with Crippen LogP contribution in [0.4, 0.5) is 5.13 Å². The maximum Gasteiger partial charge on any atom is 0.260 e. The van der Waals surface area contributed by atoms with Gasteiger partial charge >= 0.3 is 0 Å². The smallest absolute Gasteiger partial charge is 0.260 e. The van der Waals surface area contributed by atoms with Crippen molar-refractivity contribution in [2.75, 3.05) is 5.32 Å². The van der Waals surface area contributed by atoms with E-state index in [0.717, 1.165) is 24.5 Å². The number of rotatable bonds is 2. The molecule has 2 heterocycles. The van der Waals surface area contributed by atoms with E-state index < -0.39 is 0 Å². The van der Waals surface area contributed by atoms with E-state index in [1.165, 1.54) is 11.3 Å². The van der Waals surface area contributed by atoms with Crippen LogP contribution in [0.25, 0.3) is 0 Å². The zero-order chi connectivity index (χ0) is 13.4. The second-order valence-corrected chi connectivity index (χ2v) is 6.18. The summed E-state index contributed by atoms with van der Waals surface area (Å²) >= 11 is 1.60. The molecule has 0 saturated carbocycles. The topological polar surface area (TPSA) is 59.8 Å². The van der Waals surface area contributed by atoms with Crippen molar-refractivity contribution in [1.29, 1.82) is 0 Å². The Morgan fingerprint density at radius 2 is 2.42 bits per heavy atom. The summed E-state index contributed by atoms with van der Waals surface area (Å²) in [7, 11) is 1.79. The molecule has 2 aromatic heterocycles. The predicted molar refractivity (Wildman–Crippen MR) is 74.5 cm³/mol. The monoisotopic (exact) mass is 276 g/mol. The number of hydrogen-bond acceptors (Lipinski definition) is 4. The molecule has 1 N–H and O–H groups in total. The van der Waals surface area contributed by atoms with Gasteiger partial charge in [-0.15, -0.1) is 11.3 Å². The number of thiazole rings is 1. The van der Waals surface area contributed by atoms with Gasteiger partial charge < -0.3 is 0 Å². The number of nitrogens with one attached hydrogen (secondary N) is 1. The molecule has 2 aromatic rings. The van der Waals surface area contributed by atoms with Crippen LogP contribution in [0.3, 0.4) is 0 Å². The third-order valence-electron chi connectivity index (χ3n) is 3.37. The van der Waals surface area contributed by atoms with Crippen LogP contribution in [0.15, 0.2) is 12.4 Å². The van der Waals surface area contributed by atoms with E-state index in [1.807, 2.05) is 0 Å². The highest BCUT2D eigenvalue weighted by Gasteiger charge is 2.20. The third kappa shape index (κ3) is 2.53. The Kier molecular flexibility index (Phi) is 3.10. The van der Waals surface area contributed by atoms with Crippen LogP contribution in [-0.4, -0.2) is 20.7 Å². The first-order valence-electron chi connectivity index (χ1n) is 6.40. The molecule has 0 fully saturated rings. The van der Waals surface area contributed by atoms with Crippen LogP contribution < -0.4 is 5.32 Å². The number of hydrogen-bond donors (Lipinski definition) is 1. The Morgan fingerprint density at radius 3 is 3.16 bits per heavy atom. The number of fused-ring (bicyclic) bond motifs is 1. The summed E-state index contributed by atoms with van der Waals surface area (Å²) in [6.45, 7) is 2.26. The van der Waals surface area contributed by atoms with Crippen molar-refractivity contribution in [2.45, 2.75) is 26.2 Å². The molecule has 6 heteroatoms. The predicted octanol–water partition coefficient (Wildman–Crippen LogP) is 2.25. The fourth-order valence-electron chi connectivity index (χ4n) is 2.30. The van der Waals surface area contributed by atoms with Crippen LogP contribution in [-0.2, 0) is 19.9 Å². The minimum Gasteiger partial charge on any atom is -0.298 e. The SMILES string of the molecule is C[C@@H]1CCc2nc(NC(=O)c3cnn(C)c3)sc2C1. The van der Waals surface area contributed by atoms with Crippen LogP contribution in [0.2, 0.25) is 0 Å². The lowest BCUT2D eigenvalue weighted by atomic mass is 9.93. The van der Waals surface area contributed by atoms with Gasteiger partial charge in [0, 0.05) is 18.1 Å². The average Bonchev–Trinajstić information content (AvgIpc) is 2.94. The minimum absolute atomic E-state index is 0.146. The molecule has 1 aliphatic carbocycles. The van der Waals surface area contributed by atoms with Gasteiger partial charge in [0.1, 0.15) is 0 Å². The quantitative estimate of drug-likeness (QED) is 0.915. The maximum atomic E-state index is 12.0. The highest BCUT2D eigenvalue weighted by Crippen LogP contribution is 2.32. The molecule has 1 atom stereocenters. The van der Waals surface area contributed by atoms with Gasteiger partial charge in [0.2, 0.25) is 0 Å². The normalized spacial score (nSPS) is 18.1. The first-order chi connectivity index (χ1) is 9.11. The second kappa shape index (κ2) is 4.77. The van der Waals surface area contributed by atoms with Crippen LogP contribution in [0.5, 0.6) is 0 Å². The number of aryl methyl sites for hydroxylation is 2. The van der Waals surface area contributed by atoms with E-state index in [0.29, 0.717) is 10.7 Å². The van der Waals surface area contributed by atoms with E-state index in [-0.39, 0.29) is 5.91 Å². The van der Waals surface area contributed by atoms with Crippen molar-refractivity contribution < 1.29 is 4.79 Å². The summed E-state index contributed by atoms with van der Waals surface area (Å²) in [6, 6.07) is 0. The lowest BCUT2D eigenvalue weighted by molar-refractivity contribution is 0.102. The second-order valence-electron chi connectivity index (χ2n) is 5.09. The first kappa shape index (κ1) is 12.3. The first-order valence-corrected chi connectivity index (χ1v) is 7.22. The van der Waals surface area contributed by atoms with Gasteiger partial charge in [-0.3, -0.25) is 14.8 Å². The number of anilines is 1. The number of amides is 1. The largest absolute Gasteiger partial charge is 0.298 e. The number of carbonyl (C=O) groups excluding carboxylic acids is 1. The fourth-order valence-corrected chi connectivity index (χ4v) is 3.47. The number of nitrogens with zero attached hydrogens (tertiary/aromatic N) is 3. The molecule has 0 spiro atoms. The van der Waals surface area contributed by atoms with E-state index in [4.69, 9.17) is 0 Å². The Hall–Kier alpha value is -1.69. The lowest BCUT2D eigenvalue weighted by Crippen LogP contribution is -2.11. The molecule has 19 heavy (non-hydrogen) atoms. The van der Waals surface area contributed by atoms with Gasteiger partial charge in [0.25, 0.3) is 5.91 Å². The van der Waals surface area contributed by atoms with Crippen LogP contribution in [0.1, 0.15) is 34.3 Å². The summed E-state index contributed by atoms with van der Waals surface area (Å²) in [5.41, 5.74) is 1.72. The van der Waals surface area contributed by atoms with Crippen LogP contribution >= 0.6 is 11.3 Å². The van der Waals surface area contributed by atoms with Gasteiger partial charge in [-0.1, -0.05) is 6.92 Å². The average molecular weight is 276 g/mol. The molecule has 0 aliphatic heterocycles. The lowest BCUT2D eigenvalue weighted by Gasteiger charge is -2.15. The molecular weight excluding hydrogens is 260 g/mol. The van der Waals surface area contributed by atoms with Gasteiger partial charge in [-0.25, -0.2) is 4.98 Å². The van der Waals surface area contributed by atoms with Crippen molar-refractivity contribution in [3.05, 3.63) is 28.5 Å². The maximum absolute atomic E-state index is 12.0. The molecule has 0 radical (unpaired) electrons. The Balaban J connectivity index is 1.75. The molecule has 0 saturated heterocycles. The van der Waals surface area contributed by atoms with Crippen molar-refractivity contribution in [2.24, 2.45) is 13.0 Å². The van der Waals surface area contributed by atoms with Gasteiger partial charge in [-0.2, -0.15) is 5.10 Å². The van der Waals surface area contributed by atoms with Gasteiger partial charge in [0.05, 0.1) is 17.5 Å². The van der Waals surface area contributed by atoms with Crippen molar-refractivity contribution in [3.63, 3.8) is 0 Å². The Morgan fingerprint density at radius 1 is 1.58 bits per heavy atom. The van der Waals surface area contributed by atoms with Gasteiger partial charge in [-0.05, 0) is 25.2 Å². The summed E-state index contributed by atoms with van der Waals surface area (Å²) < 4.78 is 1.61. The highest BCUT2D eigenvalue weighted by molar-refractivity contribution is 7.15. The Bertz CT molecular complexity index is 616. The molecule has 0 aromatic carbocycles. The minimum atomic E-state index is -0.146. The summed E-state index contributed by atoms with van der Waals surface area (Å²) in [6.07, 6.45) is 6.55. The van der Waals surface area contributed by atoms with Crippen molar-refractivity contribution in [1.82, 2.24) is 14.8 Å². The van der Waals surface area contributed by atoms with Crippen molar-refractivity contribution in [3.8, 4) is 0 Å².